The van der Waals surface area contributed by atoms with Crippen molar-refractivity contribution < 1.29 is 17.5 Å². The number of nitrogens with zero attached hydrogens (tertiary/aromatic N) is 2. The standard InChI is InChI=1S/C21H21FN4O3S/c1-21(2,3)30(27,28)19-10-13-15(7-8-23-17(13)11-18(19)29-4)24-20-14-9-12(22)5-6-16(14)25-26-20/h5-11H,1-4H3,(H2,23,24,25,26). The van der Waals surface area contributed by atoms with Crippen LogP contribution in [0.25, 0.3) is 21.8 Å². The van der Waals surface area contributed by atoms with Gasteiger partial charge in [-0.3, -0.25) is 10.1 Å². The highest BCUT2D eigenvalue weighted by Crippen LogP contribution is 2.37. The van der Waals surface area contributed by atoms with E-state index in [1.54, 1.807) is 51.2 Å². The van der Waals surface area contributed by atoms with Crippen molar-refractivity contribution in [3.63, 3.8) is 0 Å². The van der Waals surface area contributed by atoms with E-state index in [4.69, 9.17) is 4.74 Å². The Morgan fingerprint density at radius 2 is 1.87 bits per heavy atom. The lowest BCUT2D eigenvalue weighted by molar-refractivity contribution is 0.402. The van der Waals surface area contributed by atoms with E-state index in [9.17, 15) is 12.8 Å². The second-order valence-corrected chi connectivity index (χ2v) is 10.6. The SMILES string of the molecule is COc1cc2nccc(Nc3n[nH]c4ccc(F)cc34)c2cc1S(=O)(=O)C(C)(C)C. The van der Waals surface area contributed by atoms with Crippen molar-refractivity contribution in [2.75, 3.05) is 12.4 Å². The van der Waals surface area contributed by atoms with E-state index in [1.165, 1.54) is 19.2 Å². The minimum absolute atomic E-state index is 0.0824. The summed E-state index contributed by atoms with van der Waals surface area (Å²) >= 11 is 0. The minimum Gasteiger partial charge on any atom is -0.495 e. The molecule has 2 heterocycles. The van der Waals surface area contributed by atoms with Crippen LogP contribution in [0.2, 0.25) is 0 Å². The monoisotopic (exact) mass is 428 g/mol. The molecule has 2 aromatic heterocycles. The van der Waals surface area contributed by atoms with E-state index >= 15 is 0 Å². The van der Waals surface area contributed by atoms with Gasteiger partial charge in [-0.1, -0.05) is 0 Å². The Hall–Kier alpha value is -3.20. The summed E-state index contributed by atoms with van der Waals surface area (Å²) in [6.07, 6.45) is 1.59. The van der Waals surface area contributed by atoms with Gasteiger partial charge in [-0.2, -0.15) is 5.10 Å². The molecule has 4 aromatic rings. The first kappa shape index (κ1) is 20.1. The van der Waals surface area contributed by atoms with Crippen molar-refractivity contribution in [3.8, 4) is 5.75 Å². The van der Waals surface area contributed by atoms with Crippen LogP contribution in [0.5, 0.6) is 5.75 Å². The molecule has 2 N–H and O–H groups in total. The Kier molecular flexibility index (Phi) is 4.65. The maximum Gasteiger partial charge on any atom is 0.186 e. The van der Waals surface area contributed by atoms with Crippen molar-refractivity contribution in [2.45, 2.75) is 30.4 Å². The summed E-state index contributed by atoms with van der Waals surface area (Å²) in [5.41, 5.74) is 1.82. The van der Waals surface area contributed by atoms with Gasteiger partial charge in [0.25, 0.3) is 0 Å². The average Bonchev–Trinajstić information content (AvgIpc) is 3.08. The Balaban J connectivity index is 1.91. The maximum absolute atomic E-state index is 13.7. The minimum atomic E-state index is -3.68. The van der Waals surface area contributed by atoms with E-state index in [1.807, 2.05) is 0 Å². The van der Waals surface area contributed by atoms with Crippen LogP contribution in [-0.4, -0.2) is 35.5 Å². The number of benzene rings is 2. The number of fused-ring (bicyclic) bond motifs is 2. The lowest BCUT2D eigenvalue weighted by atomic mass is 10.1. The number of rotatable bonds is 4. The van der Waals surface area contributed by atoms with Gasteiger partial charge in [-0.15, -0.1) is 0 Å². The van der Waals surface area contributed by atoms with Gasteiger partial charge in [0, 0.05) is 23.0 Å². The molecule has 0 amide bonds. The topological polar surface area (TPSA) is 97.0 Å². The third-order valence-electron chi connectivity index (χ3n) is 4.90. The van der Waals surface area contributed by atoms with E-state index in [0.717, 1.165) is 0 Å². The number of ether oxygens (including phenoxy) is 1. The van der Waals surface area contributed by atoms with Crippen LogP contribution in [0.3, 0.4) is 0 Å². The molecule has 0 radical (unpaired) electrons. The molecule has 30 heavy (non-hydrogen) atoms. The zero-order valence-electron chi connectivity index (χ0n) is 16.9. The average molecular weight is 428 g/mol. The molecule has 156 valence electrons. The Bertz CT molecular complexity index is 1370. The van der Waals surface area contributed by atoms with Gasteiger partial charge in [0.05, 0.1) is 28.6 Å². The number of halogens is 1. The molecule has 0 unspecified atom stereocenters. The summed E-state index contributed by atoms with van der Waals surface area (Å²) in [5, 5.41) is 11.4. The van der Waals surface area contributed by atoms with E-state index in [-0.39, 0.29) is 16.5 Å². The number of hydrogen-bond donors (Lipinski definition) is 2. The molecule has 0 atom stereocenters. The Morgan fingerprint density at radius 1 is 1.10 bits per heavy atom. The van der Waals surface area contributed by atoms with Gasteiger partial charge in [0.15, 0.2) is 15.7 Å². The molecule has 0 aliphatic carbocycles. The van der Waals surface area contributed by atoms with Crippen molar-refractivity contribution in [3.05, 3.63) is 48.4 Å². The molecule has 2 aromatic carbocycles. The summed E-state index contributed by atoms with van der Waals surface area (Å²) in [5.74, 6) is 0.275. The second-order valence-electron chi connectivity index (χ2n) is 7.88. The number of H-pyrrole nitrogens is 1. The number of aromatic nitrogens is 3. The van der Waals surface area contributed by atoms with Crippen LogP contribution >= 0.6 is 0 Å². The zero-order chi connectivity index (χ0) is 21.7. The molecule has 0 aliphatic rings. The molecule has 0 fully saturated rings. The number of hydrogen-bond acceptors (Lipinski definition) is 6. The fourth-order valence-electron chi connectivity index (χ4n) is 3.17. The summed E-state index contributed by atoms with van der Waals surface area (Å²) in [6.45, 7) is 4.91. The number of aromatic amines is 1. The van der Waals surface area contributed by atoms with Crippen molar-refractivity contribution in [2.24, 2.45) is 0 Å². The summed E-state index contributed by atoms with van der Waals surface area (Å²) in [7, 11) is -2.26. The van der Waals surface area contributed by atoms with Crippen molar-refractivity contribution in [1.29, 1.82) is 0 Å². The molecular formula is C21H21FN4O3S. The molecule has 0 saturated carbocycles. The summed E-state index contributed by atoms with van der Waals surface area (Å²) in [6, 6.07) is 9.20. The van der Waals surface area contributed by atoms with E-state index in [2.05, 4.69) is 20.5 Å². The van der Waals surface area contributed by atoms with Crippen molar-refractivity contribution >= 4 is 43.1 Å². The summed E-state index contributed by atoms with van der Waals surface area (Å²) in [4.78, 5) is 4.42. The molecule has 9 heteroatoms. The largest absolute Gasteiger partial charge is 0.495 e. The highest BCUT2D eigenvalue weighted by atomic mass is 32.2. The van der Waals surface area contributed by atoms with Gasteiger partial charge in [0.1, 0.15) is 16.5 Å². The van der Waals surface area contributed by atoms with Crippen molar-refractivity contribution in [1.82, 2.24) is 15.2 Å². The first-order valence-electron chi connectivity index (χ1n) is 9.24. The van der Waals surface area contributed by atoms with Gasteiger partial charge in [-0.25, -0.2) is 12.8 Å². The molecule has 4 rings (SSSR count). The number of methoxy groups -OCH3 is 1. The van der Waals surface area contributed by atoms with Gasteiger partial charge < -0.3 is 10.1 Å². The Labute approximate surface area is 173 Å². The first-order valence-corrected chi connectivity index (χ1v) is 10.7. The van der Waals surface area contributed by atoms with Gasteiger partial charge in [-0.05, 0) is 51.1 Å². The smallest absolute Gasteiger partial charge is 0.186 e. The Morgan fingerprint density at radius 3 is 2.57 bits per heavy atom. The lowest BCUT2D eigenvalue weighted by Gasteiger charge is -2.21. The lowest BCUT2D eigenvalue weighted by Crippen LogP contribution is -2.28. The van der Waals surface area contributed by atoms with E-state index < -0.39 is 14.6 Å². The van der Waals surface area contributed by atoms with Crippen LogP contribution < -0.4 is 10.1 Å². The third-order valence-corrected chi connectivity index (χ3v) is 7.41. The van der Waals surface area contributed by atoms with Crippen LogP contribution in [0.4, 0.5) is 15.9 Å². The molecule has 0 spiro atoms. The fourth-order valence-corrected chi connectivity index (χ4v) is 4.51. The van der Waals surface area contributed by atoms with Gasteiger partial charge in [0.2, 0.25) is 0 Å². The highest BCUT2D eigenvalue weighted by molar-refractivity contribution is 7.92. The quantitative estimate of drug-likeness (QED) is 0.494. The predicted octanol–water partition coefficient (Wildman–Crippen LogP) is 4.57. The number of sulfone groups is 1. The van der Waals surface area contributed by atoms with Gasteiger partial charge >= 0.3 is 0 Å². The molecular weight excluding hydrogens is 407 g/mol. The number of nitrogens with one attached hydrogen (secondary N) is 2. The maximum atomic E-state index is 13.7. The molecule has 7 nitrogen and oxygen atoms in total. The molecule has 0 bridgehead atoms. The fraction of sp³-hybridized carbons (Fsp3) is 0.238. The van der Waals surface area contributed by atoms with Crippen LogP contribution in [0, 0.1) is 5.82 Å². The van der Waals surface area contributed by atoms with Crippen LogP contribution in [-0.2, 0) is 9.84 Å². The molecule has 0 saturated heterocycles. The highest BCUT2D eigenvalue weighted by Gasteiger charge is 2.34. The van der Waals surface area contributed by atoms with Crippen LogP contribution in [0.1, 0.15) is 20.8 Å². The second kappa shape index (κ2) is 6.94. The number of pyridine rings is 1. The molecule has 0 aliphatic heterocycles. The number of anilines is 2. The zero-order valence-corrected chi connectivity index (χ0v) is 17.8. The summed E-state index contributed by atoms with van der Waals surface area (Å²) < 4.78 is 44.3. The third kappa shape index (κ3) is 3.24. The first-order chi connectivity index (χ1) is 14.1. The normalized spacial score (nSPS) is 12.4. The predicted molar refractivity (Wildman–Crippen MR) is 115 cm³/mol. The van der Waals surface area contributed by atoms with E-state index in [0.29, 0.717) is 33.3 Å². The van der Waals surface area contributed by atoms with Crippen LogP contribution in [0.15, 0.2) is 47.5 Å².